The first-order valence-corrected chi connectivity index (χ1v) is 7.22. The highest BCUT2D eigenvalue weighted by Crippen LogP contribution is 2.21. The summed E-state index contributed by atoms with van der Waals surface area (Å²) in [6.45, 7) is 1.71. The number of amides is 1. The second-order valence-corrected chi connectivity index (χ2v) is 5.28. The number of benzene rings is 3. The number of carbonyl (C=O) groups is 1. The Morgan fingerprint density at radius 2 is 1.64 bits per heavy atom. The minimum atomic E-state index is -0.511. The van der Waals surface area contributed by atoms with E-state index < -0.39 is 6.10 Å². The van der Waals surface area contributed by atoms with Crippen molar-refractivity contribution in [3.8, 4) is 0 Å². The van der Waals surface area contributed by atoms with Crippen LogP contribution in [0.2, 0.25) is 0 Å². The number of aliphatic hydroxyl groups is 1. The Morgan fingerprint density at radius 3 is 2.36 bits per heavy atom. The quantitative estimate of drug-likeness (QED) is 0.761. The molecule has 1 atom stereocenters. The third kappa shape index (κ3) is 2.85. The number of fused-ring (bicyclic) bond motifs is 1. The molecule has 0 aliphatic rings. The van der Waals surface area contributed by atoms with Crippen LogP contribution in [0.5, 0.6) is 0 Å². The zero-order valence-corrected chi connectivity index (χ0v) is 12.3. The van der Waals surface area contributed by atoms with Crippen LogP contribution in [0, 0.1) is 0 Å². The van der Waals surface area contributed by atoms with E-state index in [4.69, 9.17) is 0 Å². The number of nitrogens with one attached hydrogen (secondary N) is 1. The Bertz CT molecular complexity index is 802. The largest absolute Gasteiger partial charge is 0.389 e. The van der Waals surface area contributed by atoms with Crippen molar-refractivity contribution in [3.63, 3.8) is 0 Å². The maximum atomic E-state index is 12.5. The number of hydrogen-bond donors (Lipinski definition) is 2. The molecule has 3 rings (SSSR count). The molecule has 0 saturated carbocycles. The van der Waals surface area contributed by atoms with Gasteiger partial charge in [0.2, 0.25) is 0 Å². The van der Waals surface area contributed by atoms with Crippen LogP contribution in [-0.4, -0.2) is 11.0 Å². The van der Waals surface area contributed by atoms with Gasteiger partial charge in [-0.1, -0.05) is 48.5 Å². The van der Waals surface area contributed by atoms with Crippen LogP contribution in [-0.2, 0) is 0 Å². The number of anilines is 1. The van der Waals surface area contributed by atoms with Crippen molar-refractivity contribution in [2.24, 2.45) is 0 Å². The fourth-order valence-electron chi connectivity index (χ4n) is 2.47. The molecule has 0 spiro atoms. The first-order chi connectivity index (χ1) is 10.6. The van der Waals surface area contributed by atoms with E-state index in [0.29, 0.717) is 11.3 Å². The van der Waals surface area contributed by atoms with Crippen LogP contribution in [0.1, 0.15) is 28.9 Å². The molecule has 0 radical (unpaired) electrons. The molecule has 3 aromatic rings. The first-order valence-electron chi connectivity index (χ1n) is 7.22. The molecule has 22 heavy (non-hydrogen) atoms. The van der Waals surface area contributed by atoms with E-state index in [0.717, 1.165) is 16.3 Å². The van der Waals surface area contributed by atoms with Crippen LogP contribution < -0.4 is 5.32 Å². The Kier molecular flexibility index (Phi) is 3.90. The second-order valence-electron chi connectivity index (χ2n) is 5.28. The molecule has 0 bridgehead atoms. The van der Waals surface area contributed by atoms with E-state index in [1.54, 1.807) is 19.1 Å². The summed E-state index contributed by atoms with van der Waals surface area (Å²) in [5.74, 6) is -0.137. The predicted molar refractivity (Wildman–Crippen MR) is 89.0 cm³/mol. The summed E-state index contributed by atoms with van der Waals surface area (Å²) < 4.78 is 0. The van der Waals surface area contributed by atoms with Crippen molar-refractivity contribution in [2.75, 3.05) is 5.32 Å². The number of carbonyl (C=O) groups excluding carboxylic acids is 1. The second kappa shape index (κ2) is 6.00. The van der Waals surface area contributed by atoms with Crippen molar-refractivity contribution >= 4 is 22.4 Å². The lowest BCUT2D eigenvalue weighted by molar-refractivity contribution is 0.102. The lowest BCUT2D eigenvalue weighted by Gasteiger charge is -2.09. The monoisotopic (exact) mass is 291 g/mol. The van der Waals surface area contributed by atoms with Crippen LogP contribution in [0.4, 0.5) is 5.69 Å². The van der Waals surface area contributed by atoms with Crippen molar-refractivity contribution in [1.29, 1.82) is 0 Å². The average Bonchev–Trinajstić information content (AvgIpc) is 2.54. The maximum Gasteiger partial charge on any atom is 0.256 e. The molecule has 110 valence electrons. The Morgan fingerprint density at radius 1 is 0.955 bits per heavy atom. The standard InChI is InChI=1S/C19H17NO2/c1-13(21)14-9-11-16(12-10-14)20-19(22)18-8-4-6-15-5-2-3-7-17(15)18/h2-13,21H,1H3,(H,20,22)/t13-/m1/s1. The van der Waals surface area contributed by atoms with Gasteiger partial charge in [0.1, 0.15) is 0 Å². The topological polar surface area (TPSA) is 49.3 Å². The van der Waals surface area contributed by atoms with E-state index in [1.165, 1.54) is 0 Å². The van der Waals surface area contributed by atoms with Gasteiger partial charge in [0, 0.05) is 11.3 Å². The van der Waals surface area contributed by atoms with E-state index >= 15 is 0 Å². The lowest BCUT2D eigenvalue weighted by Crippen LogP contribution is -2.12. The average molecular weight is 291 g/mol. The molecular weight excluding hydrogens is 274 g/mol. The van der Waals surface area contributed by atoms with Crippen LogP contribution in [0.3, 0.4) is 0 Å². The van der Waals surface area contributed by atoms with E-state index in [-0.39, 0.29) is 5.91 Å². The summed E-state index contributed by atoms with van der Waals surface area (Å²) in [7, 11) is 0. The van der Waals surface area contributed by atoms with Gasteiger partial charge in [-0.2, -0.15) is 0 Å². The van der Waals surface area contributed by atoms with Crippen molar-refractivity contribution < 1.29 is 9.90 Å². The summed E-state index contributed by atoms with van der Waals surface area (Å²) in [5.41, 5.74) is 2.18. The number of rotatable bonds is 3. The van der Waals surface area contributed by atoms with Crippen LogP contribution >= 0.6 is 0 Å². The highest BCUT2D eigenvalue weighted by molar-refractivity contribution is 6.12. The third-order valence-electron chi connectivity index (χ3n) is 3.69. The van der Waals surface area contributed by atoms with Gasteiger partial charge in [0.05, 0.1) is 6.10 Å². The summed E-state index contributed by atoms with van der Waals surface area (Å²) in [6, 6.07) is 20.7. The summed E-state index contributed by atoms with van der Waals surface area (Å²) in [6.07, 6.45) is -0.511. The smallest absolute Gasteiger partial charge is 0.256 e. The third-order valence-corrected chi connectivity index (χ3v) is 3.69. The fraction of sp³-hybridized carbons (Fsp3) is 0.105. The molecule has 3 nitrogen and oxygen atoms in total. The van der Waals surface area contributed by atoms with Crippen LogP contribution in [0.15, 0.2) is 66.7 Å². The first kappa shape index (κ1) is 14.3. The molecule has 0 aliphatic heterocycles. The molecule has 2 N–H and O–H groups in total. The molecule has 0 aromatic heterocycles. The Hall–Kier alpha value is -2.65. The number of aliphatic hydroxyl groups excluding tert-OH is 1. The van der Waals surface area contributed by atoms with Crippen molar-refractivity contribution in [2.45, 2.75) is 13.0 Å². The van der Waals surface area contributed by atoms with Gasteiger partial charge in [-0.15, -0.1) is 0 Å². The van der Waals surface area contributed by atoms with Crippen molar-refractivity contribution in [3.05, 3.63) is 77.9 Å². The highest BCUT2D eigenvalue weighted by Gasteiger charge is 2.10. The molecular formula is C19H17NO2. The van der Waals surface area contributed by atoms with E-state index in [9.17, 15) is 9.90 Å². The molecule has 0 saturated heterocycles. The van der Waals surface area contributed by atoms with Crippen molar-refractivity contribution in [1.82, 2.24) is 0 Å². The molecule has 3 aromatic carbocycles. The van der Waals surface area contributed by atoms with Gasteiger partial charge in [-0.05, 0) is 41.5 Å². The Balaban J connectivity index is 1.87. The predicted octanol–water partition coefficient (Wildman–Crippen LogP) is 4.15. The minimum absolute atomic E-state index is 0.137. The van der Waals surface area contributed by atoms with E-state index in [2.05, 4.69) is 5.32 Å². The normalized spacial score (nSPS) is 12.1. The lowest BCUT2D eigenvalue weighted by atomic mass is 10.0. The highest BCUT2D eigenvalue weighted by atomic mass is 16.3. The Labute approximate surface area is 129 Å². The van der Waals surface area contributed by atoms with Gasteiger partial charge in [0.25, 0.3) is 5.91 Å². The summed E-state index contributed by atoms with van der Waals surface area (Å²) >= 11 is 0. The molecule has 3 heteroatoms. The van der Waals surface area contributed by atoms with Gasteiger partial charge < -0.3 is 10.4 Å². The fourth-order valence-corrected chi connectivity index (χ4v) is 2.47. The molecule has 0 heterocycles. The maximum absolute atomic E-state index is 12.5. The molecule has 0 aliphatic carbocycles. The number of hydrogen-bond acceptors (Lipinski definition) is 2. The van der Waals surface area contributed by atoms with Gasteiger partial charge in [0.15, 0.2) is 0 Å². The van der Waals surface area contributed by atoms with Crippen LogP contribution in [0.25, 0.3) is 10.8 Å². The van der Waals surface area contributed by atoms with E-state index in [1.807, 2.05) is 54.6 Å². The SMILES string of the molecule is C[C@@H](O)c1ccc(NC(=O)c2cccc3ccccc23)cc1. The summed E-state index contributed by atoms with van der Waals surface area (Å²) in [5, 5.41) is 14.4. The minimum Gasteiger partial charge on any atom is -0.389 e. The molecule has 0 unspecified atom stereocenters. The zero-order chi connectivity index (χ0) is 15.5. The molecule has 1 amide bonds. The summed E-state index contributed by atoms with van der Waals surface area (Å²) in [4.78, 5) is 12.5. The van der Waals surface area contributed by atoms with Gasteiger partial charge in [-0.25, -0.2) is 0 Å². The molecule has 0 fully saturated rings. The van der Waals surface area contributed by atoms with Gasteiger partial charge in [-0.3, -0.25) is 4.79 Å². The zero-order valence-electron chi connectivity index (χ0n) is 12.3. The van der Waals surface area contributed by atoms with Gasteiger partial charge >= 0.3 is 0 Å².